The monoisotopic (exact) mass is 332 g/mol. The first-order valence-corrected chi connectivity index (χ1v) is 8.57. The van der Waals surface area contributed by atoms with E-state index >= 15 is 0 Å². The molecule has 128 valence electrons. The number of amides is 2. The first kappa shape index (κ1) is 15.4. The number of alkyl carbamates (subject to hydrolysis) is 1. The summed E-state index contributed by atoms with van der Waals surface area (Å²) in [6, 6.07) is 6.66. The molecule has 2 amide bonds. The molecule has 2 heterocycles. The van der Waals surface area contributed by atoms with Crippen molar-refractivity contribution in [3.8, 4) is 0 Å². The summed E-state index contributed by atoms with van der Waals surface area (Å²) >= 11 is 0. The highest BCUT2D eigenvalue weighted by molar-refractivity contribution is 5.84. The number of piperidine rings is 1. The highest BCUT2D eigenvalue weighted by Gasteiger charge is 2.56. The van der Waals surface area contributed by atoms with Gasteiger partial charge < -0.3 is 15.0 Å². The highest BCUT2D eigenvalue weighted by atomic mass is 19.1. The van der Waals surface area contributed by atoms with Crippen molar-refractivity contribution < 1.29 is 18.7 Å². The van der Waals surface area contributed by atoms with Crippen LogP contribution in [0.1, 0.15) is 37.2 Å². The Labute approximate surface area is 140 Å². The van der Waals surface area contributed by atoms with Crippen molar-refractivity contribution in [2.45, 2.75) is 37.1 Å². The van der Waals surface area contributed by atoms with E-state index in [4.69, 9.17) is 4.74 Å². The maximum Gasteiger partial charge on any atom is 0.407 e. The molecule has 5 nitrogen and oxygen atoms in total. The quantitative estimate of drug-likeness (QED) is 0.905. The van der Waals surface area contributed by atoms with Gasteiger partial charge in [0.05, 0.1) is 11.5 Å². The van der Waals surface area contributed by atoms with Gasteiger partial charge in [0.2, 0.25) is 5.91 Å². The number of cyclic esters (lactones) is 1. The average molecular weight is 332 g/mol. The highest BCUT2D eigenvalue weighted by Crippen LogP contribution is 2.43. The third kappa shape index (κ3) is 2.54. The van der Waals surface area contributed by atoms with Crippen LogP contribution < -0.4 is 5.32 Å². The molecule has 2 saturated heterocycles. The van der Waals surface area contributed by atoms with Crippen molar-refractivity contribution in [3.05, 3.63) is 35.6 Å². The smallest absolute Gasteiger partial charge is 0.407 e. The van der Waals surface area contributed by atoms with Crippen LogP contribution in [0, 0.1) is 11.7 Å². The van der Waals surface area contributed by atoms with Gasteiger partial charge in [0, 0.05) is 13.1 Å². The third-order valence-corrected chi connectivity index (χ3v) is 5.80. The Morgan fingerprint density at radius 2 is 1.92 bits per heavy atom. The van der Waals surface area contributed by atoms with E-state index < -0.39 is 11.6 Å². The van der Waals surface area contributed by atoms with Crippen molar-refractivity contribution in [3.63, 3.8) is 0 Å². The van der Waals surface area contributed by atoms with Crippen LogP contribution in [0.4, 0.5) is 9.18 Å². The number of hydrogen-bond donors (Lipinski definition) is 1. The van der Waals surface area contributed by atoms with E-state index in [-0.39, 0.29) is 17.6 Å². The largest absolute Gasteiger partial charge is 0.447 e. The van der Waals surface area contributed by atoms with Crippen LogP contribution >= 0.6 is 0 Å². The molecule has 1 aromatic rings. The van der Waals surface area contributed by atoms with Gasteiger partial charge in [-0.05, 0) is 49.3 Å². The number of carbonyl (C=O) groups excluding carboxylic acids is 2. The zero-order chi connectivity index (χ0) is 16.7. The number of hydrogen-bond acceptors (Lipinski definition) is 3. The van der Waals surface area contributed by atoms with Gasteiger partial charge in [-0.25, -0.2) is 9.18 Å². The topological polar surface area (TPSA) is 58.6 Å². The number of benzene rings is 1. The number of rotatable bonds is 2. The molecule has 1 spiro atoms. The van der Waals surface area contributed by atoms with Gasteiger partial charge >= 0.3 is 6.09 Å². The Bertz CT molecular complexity index is 655. The number of nitrogens with one attached hydrogen (secondary N) is 1. The van der Waals surface area contributed by atoms with Gasteiger partial charge in [-0.1, -0.05) is 12.1 Å². The molecule has 1 aromatic carbocycles. The minimum absolute atomic E-state index is 0.129. The zero-order valence-electron chi connectivity index (χ0n) is 13.5. The second kappa shape index (κ2) is 5.76. The van der Waals surface area contributed by atoms with Gasteiger partial charge in [0.1, 0.15) is 12.4 Å². The van der Waals surface area contributed by atoms with Crippen LogP contribution in [-0.4, -0.2) is 42.1 Å². The molecule has 0 aromatic heterocycles. The van der Waals surface area contributed by atoms with Crippen LogP contribution in [-0.2, 0) is 9.53 Å². The second-order valence-electron chi connectivity index (χ2n) is 7.10. The van der Waals surface area contributed by atoms with Gasteiger partial charge in [-0.2, -0.15) is 0 Å². The SMILES string of the molecule is O=C1NC2(CCC2C(=O)N2CCC(c3ccc(F)cc3)CC2)CO1. The summed E-state index contributed by atoms with van der Waals surface area (Å²) in [5, 5.41) is 2.83. The predicted octanol–water partition coefficient (Wildman–Crippen LogP) is 2.42. The summed E-state index contributed by atoms with van der Waals surface area (Å²) in [6.07, 6.45) is 2.98. The molecule has 1 saturated carbocycles. The number of nitrogens with zero attached hydrogens (tertiary/aromatic N) is 1. The molecular weight excluding hydrogens is 311 g/mol. The number of likely N-dealkylation sites (tertiary alicyclic amines) is 1. The van der Waals surface area contributed by atoms with Crippen molar-refractivity contribution >= 4 is 12.0 Å². The maximum atomic E-state index is 13.0. The van der Waals surface area contributed by atoms with Gasteiger partial charge in [-0.3, -0.25) is 4.79 Å². The number of carbonyl (C=O) groups is 2. The summed E-state index contributed by atoms with van der Waals surface area (Å²) in [6.45, 7) is 1.72. The van der Waals surface area contributed by atoms with Crippen LogP contribution in [0.15, 0.2) is 24.3 Å². The fraction of sp³-hybridized carbons (Fsp3) is 0.556. The lowest BCUT2D eigenvalue weighted by atomic mass is 9.66. The Morgan fingerprint density at radius 3 is 2.46 bits per heavy atom. The van der Waals surface area contributed by atoms with E-state index in [1.165, 1.54) is 12.1 Å². The Hall–Kier alpha value is -2.11. The molecule has 1 aliphatic carbocycles. The molecule has 2 unspecified atom stereocenters. The molecular formula is C18H21FN2O3. The standard InChI is InChI=1S/C18H21FN2O3/c19-14-3-1-12(2-4-14)13-6-9-21(10-7-13)16(22)15-5-8-18(15)11-24-17(23)20-18/h1-4,13,15H,5-11H2,(H,20,23). The molecule has 0 bridgehead atoms. The summed E-state index contributed by atoms with van der Waals surface area (Å²) in [7, 11) is 0. The molecule has 24 heavy (non-hydrogen) atoms. The van der Waals surface area contributed by atoms with Crippen LogP contribution in [0.5, 0.6) is 0 Å². The van der Waals surface area contributed by atoms with E-state index in [2.05, 4.69) is 5.32 Å². The van der Waals surface area contributed by atoms with Crippen molar-refractivity contribution in [2.24, 2.45) is 5.92 Å². The maximum absolute atomic E-state index is 13.0. The minimum atomic E-state index is -0.470. The molecule has 2 aliphatic heterocycles. The number of halogens is 1. The van der Waals surface area contributed by atoms with Crippen molar-refractivity contribution in [1.29, 1.82) is 0 Å². The van der Waals surface area contributed by atoms with Crippen molar-refractivity contribution in [2.75, 3.05) is 19.7 Å². The molecule has 3 fully saturated rings. The lowest BCUT2D eigenvalue weighted by molar-refractivity contribution is -0.144. The fourth-order valence-corrected chi connectivity index (χ4v) is 4.18. The molecule has 6 heteroatoms. The van der Waals surface area contributed by atoms with Crippen LogP contribution in [0.25, 0.3) is 0 Å². The minimum Gasteiger partial charge on any atom is -0.447 e. The lowest BCUT2D eigenvalue weighted by Crippen LogP contribution is -2.62. The first-order chi connectivity index (χ1) is 11.6. The van der Waals surface area contributed by atoms with E-state index in [1.807, 2.05) is 17.0 Å². The van der Waals surface area contributed by atoms with E-state index in [9.17, 15) is 14.0 Å². The van der Waals surface area contributed by atoms with Crippen LogP contribution in [0.2, 0.25) is 0 Å². The number of ether oxygens (including phenoxy) is 1. The van der Waals surface area contributed by atoms with Crippen LogP contribution in [0.3, 0.4) is 0 Å². The van der Waals surface area contributed by atoms with E-state index in [0.717, 1.165) is 31.2 Å². The summed E-state index contributed by atoms with van der Waals surface area (Å²) in [4.78, 5) is 26.1. The van der Waals surface area contributed by atoms with Gasteiger partial charge in [-0.15, -0.1) is 0 Å². The lowest BCUT2D eigenvalue weighted by Gasteiger charge is -2.46. The van der Waals surface area contributed by atoms with E-state index in [0.29, 0.717) is 25.6 Å². The average Bonchev–Trinajstić information content (AvgIpc) is 2.99. The predicted molar refractivity (Wildman–Crippen MR) is 84.9 cm³/mol. The summed E-state index contributed by atoms with van der Waals surface area (Å²) < 4.78 is 18.0. The Morgan fingerprint density at radius 1 is 1.21 bits per heavy atom. The van der Waals surface area contributed by atoms with Gasteiger partial charge in [0.25, 0.3) is 0 Å². The second-order valence-corrected chi connectivity index (χ2v) is 7.10. The van der Waals surface area contributed by atoms with E-state index in [1.54, 1.807) is 0 Å². The normalized spacial score (nSPS) is 30.0. The summed E-state index contributed by atoms with van der Waals surface area (Å²) in [5.41, 5.74) is 0.669. The van der Waals surface area contributed by atoms with Gasteiger partial charge in [0.15, 0.2) is 0 Å². The van der Waals surface area contributed by atoms with Crippen molar-refractivity contribution in [1.82, 2.24) is 10.2 Å². The molecule has 1 N–H and O–H groups in total. The molecule has 0 radical (unpaired) electrons. The molecule has 2 atom stereocenters. The Kier molecular flexibility index (Phi) is 3.70. The Balaban J connectivity index is 1.36. The molecule has 4 rings (SSSR count). The fourth-order valence-electron chi connectivity index (χ4n) is 4.18. The first-order valence-electron chi connectivity index (χ1n) is 8.57. The third-order valence-electron chi connectivity index (χ3n) is 5.80. The molecule has 3 aliphatic rings. The summed E-state index contributed by atoms with van der Waals surface area (Å²) in [5.74, 6) is 0.123. The zero-order valence-corrected chi connectivity index (χ0v) is 13.5.